The van der Waals surface area contributed by atoms with Crippen LogP contribution in [-0.2, 0) is 13.0 Å². The Labute approximate surface area is 103 Å². The van der Waals surface area contributed by atoms with Crippen LogP contribution in [0.3, 0.4) is 0 Å². The van der Waals surface area contributed by atoms with E-state index in [1.54, 1.807) is 10.8 Å². The fraction of sp³-hybridized carbons (Fsp3) is 0.385. The van der Waals surface area contributed by atoms with Gasteiger partial charge in [0.2, 0.25) is 0 Å². The molecule has 1 heterocycles. The summed E-state index contributed by atoms with van der Waals surface area (Å²) in [6.45, 7) is 0.492. The molecule has 0 bridgehead atoms. The number of hydrogen-bond donors (Lipinski definition) is 1. The maximum absolute atomic E-state index is 12.2. The minimum Gasteiger partial charge on any atom is -0.347 e. The standard InChI is InChI=1S/C13H15F3N2/c14-13(15,16)6-9-18-8-5-11-10(4-7-17)2-1-3-12(11)18/h1-3,5,8H,4,6-7,9,17H2. The summed E-state index contributed by atoms with van der Waals surface area (Å²) in [4.78, 5) is 0. The minimum absolute atomic E-state index is 0.0426. The van der Waals surface area contributed by atoms with Gasteiger partial charge in [0.15, 0.2) is 0 Å². The molecule has 1 aromatic carbocycles. The maximum Gasteiger partial charge on any atom is 0.390 e. The van der Waals surface area contributed by atoms with E-state index in [0.717, 1.165) is 22.9 Å². The quantitative estimate of drug-likeness (QED) is 0.895. The zero-order chi connectivity index (χ0) is 13.2. The van der Waals surface area contributed by atoms with Crippen molar-refractivity contribution >= 4 is 10.9 Å². The molecule has 2 N–H and O–H groups in total. The number of fused-ring (bicyclic) bond motifs is 1. The average Bonchev–Trinajstić information content (AvgIpc) is 2.70. The molecule has 1 aromatic heterocycles. The van der Waals surface area contributed by atoms with Gasteiger partial charge in [-0.05, 0) is 30.7 Å². The van der Waals surface area contributed by atoms with Gasteiger partial charge in [0, 0.05) is 23.6 Å². The predicted molar refractivity (Wildman–Crippen MR) is 65.4 cm³/mol. The fourth-order valence-electron chi connectivity index (χ4n) is 2.10. The average molecular weight is 256 g/mol. The van der Waals surface area contributed by atoms with E-state index >= 15 is 0 Å². The highest BCUT2D eigenvalue weighted by molar-refractivity contribution is 5.83. The molecule has 0 saturated heterocycles. The third-order valence-corrected chi connectivity index (χ3v) is 2.95. The van der Waals surface area contributed by atoms with E-state index in [4.69, 9.17) is 5.73 Å². The maximum atomic E-state index is 12.2. The lowest BCUT2D eigenvalue weighted by Gasteiger charge is -2.09. The van der Waals surface area contributed by atoms with Crippen molar-refractivity contribution in [2.24, 2.45) is 5.73 Å². The Morgan fingerprint density at radius 2 is 1.94 bits per heavy atom. The summed E-state index contributed by atoms with van der Waals surface area (Å²) < 4.78 is 38.3. The van der Waals surface area contributed by atoms with Crippen LogP contribution < -0.4 is 5.73 Å². The molecule has 0 spiro atoms. The second-order valence-corrected chi connectivity index (χ2v) is 4.26. The minimum atomic E-state index is -4.12. The number of nitrogens with zero attached hydrogens (tertiary/aromatic N) is 1. The van der Waals surface area contributed by atoms with Crippen molar-refractivity contribution in [1.82, 2.24) is 4.57 Å². The van der Waals surface area contributed by atoms with Crippen molar-refractivity contribution in [3.05, 3.63) is 36.0 Å². The second kappa shape index (κ2) is 5.02. The molecule has 2 rings (SSSR count). The van der Waals surface area contributed by atoms with Crippen LogP contribution in [0.4, 0.5) is 13.2 Å². The van der Waals surface area contributed by atoms with E-state index in [0.29, 0.717) is 6.54 Å². The lowest BCUT2D eigenvalue weighted by atomic mass is 10.1. The molecule has 0 radical (unpaired) electrons. The molecule has 2 nitrogen and oxygen atoms in total. The molecule has 5 heteroatoms. The van der Waals surface area contributed by atoms with Crippen molar-refractivity contribution in [2.75, 3.05) is 6.54 Å². The van der Waals surface area contributed by atoms with E-state index in [9.17, 15) is 13.2 Å². The first-order valence-electron chi connectivity index (χ1n) is 5.85. The molecule has 0 fully saturated rings. The zero-order valence-electron chi connectivity index (χ0n) is 9.87. The lowest BCUT2D eigenvalue weighted by molar-refractivity contribution is -0.136. The Kier molecular flexibility index (Phi) is 3.61. The van der Waals surface area contributed by atoms with Gasteiger partial charge in [0.05, 0.1) is 6.42 Å². The number of rotatable bonds is 4. The summed E-state index contributed by atoms with van der Waals surface area (Å²) in [5.74, 6) is 0. The van der Waals surface area contributed by atoms with Crippen LogP contribution in [0.5, 0.6) is 0 Å². The molecule has 0 aliphatic heterocycles. The van der Waals surface area contributed by atoms with Gasteiger partial charge < -0.3 is 10.3 Å². The van der Waals surface area contributed by atoms with Crippen LogP contribution in [0.15, 0.2) is 30.5 Å². The molecule has 0 aliphatic rings. The van der Waals surface area contributed by atoms with Gasteiger partial charge in [-0.15, -0.1) is 0 Å². The Balaban J connectivity index is 2.28. The summed E-state index contributed by atoms with van der Waals surface area (Å²) in [7, 11) is 0. The summed E-state index contributed by atoms with van der Waals surface area (Å²) >= 11 is 0. The Morgan fingerprint density at radius 3 is 2.61 bits per heavy atom. The van der Waals surface area contributed by atoms with Crippen LogP contribution in [0.1, 0.15) is 12.0 Å². The monoisotopic (exact) mass is 256 g/mol. The van der Waals surface area contributed by atoms with Crippen LogP contribution in [0.2, 0.25) is 0 Å². The van der Waals surface area contributed by atoms with Gasteiger partial charge in [-0.3, -0.25) is 0 Å². The Hall–Kier alpha value is -1.49. The Morgan fingerprint density at radius 1 is 1.17 bits per heavy atom. The molecule has 0 aliphatic carbocycles. The van der Waals surface area contributed by atoms with E-state index in [1.165, 1.54) is 0 Å². The summed E-state index contributed by atoms with van der Waals surface area (Å²) in [5.41, 5.74) is 7.44. The first-order chi connectivity index (χ1) is 8.51. The summed E-state index contributed by atoms with van der Waals surface area (Å²) in [6.07, 6.45) is -2.49. The van der Waals surface area contributed by atoms with Crippen LogP contribution in [0, 0.1) is 0 Å². The van der Waals surface area contributed by atoms with E-state index in [-0.39, 0.29) is 6.54 Å². The molecule has 18 heavy (non-hydrogen) atoms. The smallest absolute Gasteiger partial charge is 0.347 e. The lowest BCUT2D eigenvalue weighted by Crippen LogP contribution is -2.11. The SMILES string of the molecule is NCCc1cccc2c1ccn2CCC(F)(F)F. The van der Waals surface area contributed by atoms with Gasteiger partial charge in [-0.1, -0.05) is 12.1 Å². The van der Waals surface area contributed by atoms with Gasteiger partial charge in [0.1, 0.15) is 0 Å². The van der Waals surface area contributed by atoms with Gasteiger partial charge in [-0.25, -0.2) is 0 Å². The number of aryl methyl sites for hydroxylation is 1. The van der Waals surface area contributed by atoms with Crippen molar-refractivity contribution in [3.8, 4) is 0 Å². The van der Waals surface area contributed by atoms with Crippen LogP contribution in [-0.4, -0.2) is 17.3 Å². The summed E-state index contributed by atoms with van der Waals surface area (Å²) in [5, 5.41) is 0.991. The van der Waals surface area contributed by atoms with Crippen LogP contribution >= 0.6 is 0 Å². The number of hydrogen-bond acceptors (Lipinski definition) is 1. The van der Waals surface area contributed by atoms with Gasteiger partial charge in [0.25, 0.3) is 0 Å². The van der Waals surface area contributed by atoms with Crippen molar-refractivity contribution in [3.63, 3.8) is 0 Å². The molecule has 98 valence electrons. The van der Waals surface area contributed by atoms with Gasteiger partial charge in [-0.2, -0.15) is 13.2 Å². The van der Waals surface area contributed by atoms with E-state index < -0.39 is 12.6 Å². The normalized spacial score (nSPS) is 12.2. The highest BCUT2D eigenvalue weighted by Crippen LogP contribution is 2.24. The molecular formula is C13H15F3N2. The van der Waals surface area contributed by atoms with Crippen molar-refractivity contribution in [2.45, 2.75) is 25.6 Å². The number of halogens is 3. The number of benzene rings is 1. The molecule has 0 amide bonds. The van der Waals surface area contributed by atoms with Crippen molar-refractivity contribution < 1.29 is 13.2 Å². The van der Waals surface area contributed by atoms with Gasteiger partial charge >= 0.3 is 6.18 Å². The van der Waals surface area contributed by atoms with E-state index in [1.807, 2.05) is 24.3 Å². The fourth-order valence-corrected chi connectivity index (χ4v) is 2.10. The largest absolute Gasteiger partial charge is 0.390 e. The van der Waals surface area contributed by atoms with Crippen molar-refractivity contribution in [1.29, 1.82) is 0 Å². The Bertz CT molecular complexity index is 529. The summed E-state index contributed by atoms with van der Waals surface area (Å²) in [6, 6.07) is 7.52. The number of aromatic nitrogens is 1. The number of alkyl halides is 3. The first-order valence-corrected chi connectivity index (χ1v) is 5.85. The zero-order valence-corrected chi connectivity index (χ0v) is 9.87. The molecule has 0 atom stereocenters. The third-order valence-electron chi connectivity index (χ3n) is 2.95. The molecule has 2 aromatic rings. The number of nitrogens with two attached hydrogens (primary N) is 1. The van der Waals surface area contributed by atoms with E-state index in [2.05, 4.69) is 0 Å². The molecule has 0 saturated carbocycles. The predicted octanol–water partition coefficient (Wildman–Crippen LogP) is 3.09. The second-order valence-electron chi connectivity index (χ2n) is 4.26. The molecule has 0 unspecified atom stereocenters. The third kappa shape index (κ3) is 2.85. The molecular weight excluding hydrogens is 241 g/mol. The highest BCUT2D eigenvalue weighted by atomic mass is 19.4. The van der Waals surface area contributed by atoms with Crippen LogP contribution in [0.25, 0.3) is 10.9 Å². The topological polar surface area (TPSA) is 30.9 Å². The highest BCUT2D eigenvalue weighted by Gasteiger charge is 2.26. The first kappa shape index (κ1) is 13.0.